The smallest absolute Gasteiger partial charge is 0.267 e. The summed E-state index contributed by atoms with van der Waals surface area (Å²) >= 11 is 0. The molecule has 2 heterocycles. The van der Waals surface area contributed by atoms with Gasteiger partial charge in [-0.2, -0.15) is 4.98 Å². The summed E-state index contributed by atoms with van der Waals surface area (Å²) in [7, 11) is 0. The minimum atomic E-state index is -0.226. The average Bonchev–Trinajstić information content (AvgIpc) is 2.96. The van der Waals surface area contributed by atoms with Gasteiger partial charge in [0.25, 0.3) is 6.71 Å². The fourth-order valence-corrected chi connectivity index (χ4v) is 4.85. The predicted molar refractivity (Wildman–Crippen MR) is 144 cm³/mol. The number of nitrogens with zero attached hydrogens (tertiary/aromatic N) is 2. The molecule has 0 atom stereocenters. The highest BCUT2D eigenvalue weighted by atomic mass is 19.1. The number of halogens is 1. The topological polar surface area (TPSA) is 55.1 Å². The van der Waals surface area contributed by atoms with Gasteiger partial charge in [0.2, 0.25) is 11.8 Å². The highest BCUT2D eigenvalue weighted by molar-refractivity contribution is 6.67. The molecule has 37 heavy (non-hydrogen) atoms. The second-order valence-corrected chi connectivity index (χ2v) is 9.46. The monoisotopic (exact) mass is 490 g/mol. The number of rotatable bonds is 8. The lowest BCUT2D eigenvalue weighted by Crippen LogP contribution is -2.19. The first-order valence-corrected chi connectivity index (χ1v) is 12.7. The number of nitriles is 1. The maximum atomic E-state index is 15.3. The zero-order valence-corrected chi connectivity index (χ0v) is 20.6. The van der Waals surface area contributed by atoms with Crippen molar-refractivity contribution < 1.29 is 13.9 Å². The van der Waals surface area contributed by atoms with Gasteiger partial charge in [-0.1, -0.05) is 98.3 Å². The summed E-state index contributed by atoms with van der Waals surface area (Å²) in [5.74, 6) is 3.12. The molecule has 1 aromatic heterocycles. The van der Waals surface area contributed by atoms with Crippen LogP contribution in [-0.4, -0.2) is 11.7 Å². The summed E-state index contributed by atoms with van der Waals surface area (Å²) in [4.78, 5) is 4.64. The van der Waals surface area contributed by atoms with Crippen molar-refractivity contribution in [2.24, 2.45) is 0 Å². The highest BCUT2D eigenvalue weighted by Crippen LogP contribution is 2.37. The van der Waals surface area contributed by atoms with Gasteiger partial charge in [-0.25, -0.2) is 9.65 Å². The fourth-order valence-electron chi connectivity index (χ4n) is 4.85. The van der Waals surface area contributed by atoms with E-state index in [1.165, 1.54) is 0 Å². The summed E-state index contributed by atoms with van der Waals surface area (Å²) in [6.45, 7) is 0.825. The molecular weight excluding hydrogens is 462 g/mol. The molecule has 3 aromatic carbocycles. The minimum absolute atomic E-state index is 0.0941. The van der Waals surface area contributed by atoms with Gasteiger partial charge in [0.15, 0.2) is 0 Å². The van der Waals surface area contributed by atoms with Crippen LogP contribution in [0.1, 0.15) is 35.4 Å². The molecule has 1 fully saturated rings. The molecule has 0 N–H and O–H groups in total. The minimum Gasteiger partial charge on any atom is -0.473 e. The zero-order valence-electron chi connectivity index (χ0n) is 20.6. The Kier molecular flexibility index (Phi) is 7.81. The van der Waals surface area contributed by atoms with Crippen LogP contribution in [-0.2, 0) is 13.2 Å². The van der Waals surface area contributed by atoms with Crippen molar-refractivity contribution >= 4 is 6.71 Å². The third-order valence-electron chi connectivity index (χ3n) is 6.94. The molecule has 1 aliphatic heterocycles. The van der Waals surface area contributed by atoms with Crippen molar-refractivity contribution in [3.63, 3.8) is 0 Å². The van der Waals surface area contributed by atoms with Crippen LogP contribution in [0.2, 0.25) is 12.6 Å². The van der Waals surface area contributed by atoms with Gasteiger partial charge >= 0.3 is 0 Å². The van der Waals surface area contributed by atoms with E-state index in [9.17, 15) is 0 Å². The standard InChI is InChI=1S/C31H28BFN2O2/c33-29-19-26(11-12-27(29)25-15-17-32(22-34)18-16-25)28-13-14-30(36-20-23-7-3-1-4-8-23)35-31(28)37-21-24-9-5-2-6-10-24/h1-14,19,25H,15-18,20-21H2. The lowest BCUT2D eigenvalue weighted by molar-refractivity contribution is 0.268. The quantitative estimate of drug-likeness (QED) is 0.240. The molecule has 1 aliphatic rings. The van der Waals surface area contributed by atoms with Crippen LogP contribution >= 0.6 is 0 Å². The van der Waals surface area contributed by atoms with E-state index < -0.39 is 0 Å². The Bertz CT molecular complexity index is 1370. The molecule has 0 spiro atoms. The molecule has 5 rings (SSSR count). The summed E-state index contributed by atoms with van der Waals surface area (Å²) < 4.78 is 27.4. The first-order chi connectivity index (χ1) is 18.2. The molecule has 4 aromatic rings. The van der Waals surface area contributed by atoms with Crippen LogP contribution in [0.5, 0.6) is 11.8 Å². The molecule has 0 unspecified atom stereocenters. The molecular formula is C31H28BFN2O2. The maximum Gasteiger partial charge on any atom is 0.267 e. The first-order valence-electron chi connectivity index (χ1n) is 12.7. The van der Waals surface area contributed by atoms with Crippen LogP contribution in [0.25, 0.3) is 11.1 Å². The summed E-state index contributed by atoms with van der Waals surface area (Å²) in [6.07, 6.45) is 3.34. The molecule has 6 heteroatoms. The normalized spacial score (nSPS) is 13.7. The van der Waals surface area contributed by atoms with Crippen LogP contribution in [0.3, 0.4) is 0 Å². The Morgan fingerprint density at radius 1 is 0.838 bits per heavy atom. The Morgan fingerprint density at radius 3 is 2.11 bits per heavy atom. The van der Waals surface area contributed by atoms with Crippen LogP contribution in [0.15, 0.2) is 91.0 Å². The van der Waals surface area contributed by atoms with Crippen LogP contribution in [0.4, 0.5) is 4.39 Å². The van der Waals surface area contributed by atoms with E-state index in [0.29, 0.717) is 36.1 Å². The van der Waals surface area contributed by atoms with Gasteiger partial charge in [-0.3, -0.25) is 0 Å². The van der Waals surface area contributed by atoms with E-state index in [2.05, 4.69) is 11.0 Å². The van der Waals surface area contributed by atoms with Crippen molar-refractivity contribution in [2.45, 2.75) is 44.6 Å². The van der Waals surface area contributed by atoms with Gasteiger partial charge in [0, 0.05) is 17.6 Å². The number of pyridine rings is 1. The number of benzene rings is 3. The Hall–Kier alpha value is -4.11. The van der Waals surface area contributed by atoms with Crippen molar-refractivity contribution in [3.05, 3.63) is 114 Å². The van der Waals surface area contributed by atoms with E-state index in [-0.39, 0.29) is 18.4 Å². The molecule has 184 valence electrons. The van der Waals surface area contributed by atoms with Crippen molar-refractivity contribution in [2.75, 3.05) is 0 Å². The molecule has 1 saturated heterocycles. The third-order valence-corrected chi connectivity index (χ3v) is 6.94. The van der Waals surface area contributed by atoms with Crippen molar-refractivity contribution in [1.82, 2.24) is 4.98 Å². The predicted octanol–water partition coefficient (Wildman–Crippen LogP) is 7.48. The molecule has 4 nitrogen and oxygen atoms in total. The lowest BCUT2D eigenvalue weighted by atomic mass is 9.41. The van der Waals surface area contributed by atoms with Gasteiger partial charge in [-0.15, -0.1) is 0 Å². The van der Waals surface area contributed by atoms with E-state index in [1.807, 2.05) is 78.9 Å². The second kappa shape index (κ2) is 11.8. The van der Waals surface area contributed by atoms with Crippen molar-refractivity contribution in [1.29, 1.82) is 5.26 Å². The third kappa shape index (κ3) is 6.18. The highest BCUT2D eigenvalue weighted by Gasteiger charge is 2.27. The number of hydrogen-bond donors (Lipinski definition) is 0. The Morgan fingerprint density at radius 2 is 1.49 bits per heavy atom. The molecule has 0 bridgehead atoms. The molecule has 0 aliphatic carbocycles. The van der Waals surface area contributed by atoms with E-state index in [4.69, 9.17) is 14.7 Å². The Labute approximate surface area is 217 Å². The number of hydrogen-bond acceptors (Lipinski definition) is 4. The van der Waals surface area contributed by atoms with Gasteiger partial charge < -0.3 is 9.47 Å². The van der Waals surface area contributed by atoms with Crippen LogP contribution in [0, 0.1) is 17.0 Å². The maximum absolute atomic E-state index is 15.3. The molecule has 0 amide bonds. The average molecular weight is 490 g/mol. The van der Waals surface area contributed by atoms with Crippen molar-refractivity contribution in [3.8, 4) is 28.9 Å². The molecule has 0 radical (unpaired) electrons. The number of ether oxygens (including phenoxy) is 2. The van der Waals surface area contributed by atoms with E-state index in [0.717, 1.165) is 42.2 Å². The first kappa shape index (κ1) is 24.6. The second-order valence-electron chi connectivity index (χ2n) is 9.46. The van der Waals surface area contributed by atoms with E-state index >= 15 is 4.39 Å². The van der Waals surface area contributed by atoms with Gasteiger partial charge in [0.05, 0.1) is 0 Å². The summed E-state index contributed by atoms with van der Waals surface area (Å²) in [5, 5.41) is 9.17. The molecule has 0 saturated carbocycles. The largest absolute Gasteiger partial charge is 0.473 e. The Balaban J connectivity index is 1.39. The zero-order chi connectivity index (χ0) is 25.5. The lowest BCUT2D eigenvalue weighted by Gasteiger charge is -2.24. The SMILES string of the molecule is N#CB1CCC(c2ccc(-c3ccc(OCc4ccccc4)nc3OCc3ccccc3)cc2F)CC1. The van der Waals surface area contributed by atoms with Crippen LogP contribution < -0.4 is 9.47 Å². The van der Waals surface area contributed by atoms with Gasteiger partial charge in [-0.05, 0) is 40.3 Å². The van der Waals surface area contributed by atoms with Gasteiger partial charge in [0.1, 0.15) is 19.0 Å². The summed E-state index contributed by atoms with van der Waals surface area (Å²) in [6, 6.07) is 28.8. The fraction of sp³-hybridized carbons (Fsp3) is 0.226. The summed E-state index contributed by atoms with van der Waals surface area (Å²) in [5.41, 5.74) is 4.20. The van der Waals surface area contributed by atoms with E-state index in [1.54, 1.807) is 12.1 Å². The number of aromatic nitrogens is 1.